The summed E-state index contributed by atoms with van der Waals surface area (Å²) in [5, 5.41) is 0. The largest absolute Gasteiger partial charge is 0.399 e. The first-order valence-electron chi connectivity index (χ1n) is 6.46. The van der Waals surface area contributed by atoms with Crippen molar-refractivity contribution in [2.24, 2.45) is 5.92 Å². The van der Waals surface area contributed by atoms with Crippen molar-refractivity contribution < 1.29 is 12.8 Å². The molecule has 0 spiro atoms. The van der Waals surface area contributed by atoms with E-state index in [9.17, 15) is 12.8 Å². The zero-order chi connectivity index (χ0) is 14.0. The van der Waals surface area contributed by atoms with Crippen LogP contribution in [0.4, 0.5) is 10.1 Å². The Balaban J connectivity index is 2.18. The van der Waals surface area contributed by atoms with Crippen LogP contribution in [0.3, 0.4) is 0 Å². The summed E-state index contributed by atoms with van der Waals surface area (Å²) in [6.07, 6.45) is 3.73. The number of hydrogen-bond acceptors (Lipinski definition) is 3. The Hall–Kier alpha value is -1.14. The summed E-state index contributed by atoms with van der Waals surface area (Å²) in [5.74, 6) is -0.311. The third-order valence-electron chi connectivity index (χ3n) is 3.50. The molecular weight excluding hydrogens is 267 g/mol. The van der Waals surface area contributed by atoms with Crippen molar-refractivity contribution >= 4 is 15.7 Å². The van der Waals surface area contributed by atoms with E-state index >= 15 is 0 Å². The molecule has 106 valence electrons. The molecule has 0 radical (unpaired) electrons. The van der Waals surface area contributed by atoms with Crippen LogP contribution in [0.1, 0.15) is 32.6 Å². The lowest BCUT2D eigenvalue weighted by molar-refractivity contribution is 0.327. The maximum absolute atomic E-state index is 13.7. The van der Waals surface area contributed by atoms with Crippen LogP contribution in [-0.4, -0.2) is 14.5 Å². The summed E-state index contributed by atoms with van der Waals surface area (Å²) in [6.45, 7) is 2.10. The van der Waals surface area contributed by atoms with Crippen molar-refractivity contribution in [3.63, 3.8) is 0 Å². The van der Waals surface area contributed by atoms with Gasteiger partial charge in [0.05, 0.1) is 0 Å². The van der Waals surface area contributed by atoms with Gasteiger partial charge in [0.25, 0.3) is 0 Å². The molecule has 1 aliphatic carbocycles. The topological polar surface area (TPSA) is 72.2 Å². The summed E-state index contributed by atoms with van der Waals surface area (Å²) < 4.78 is 40.6. The highest BCUT2D eigenvalue weighted by Gasteiger charge is 2.26. The monoisotopic (exact) mass is 286 g/mol. The third-order valence-corrected chi connectivity index (χ3v) is 5.06. The van der Waals surface area contributed by atoms with Crippen molar-refractivity contribution in [3.05, 3.63) is 24.0 Å². The Morgan fingerprint density at radius 3 is 2.74 bits per heavy atom. The number of nitrogens with one attached hydrogen (secondary N) is 1. The van der Waals surface area contributed by atoms with Crippen LogP contribution in [0.2, 0.25) is 0 Å². The average Bonchev–Trinajstić information content (AvgIpc) is 2.27. The van der Waals surface area contributed by atoms with Crippen LogP contribution in [0.5, 0.6) is 0 Å². The molecule has 4 nitrogen and oxygen atoms in total. The Morgan fingerprint density at radius 2 is 2.11 bits per heavy atom. The zero-order valence-corrected chi connectivity index (χ0v) is 11.7. The molecule has 0 heterocycles. The average molecular weight is 286 g/mol. The molecular formula is C13H19FN2O2S. The highest BCUT2D eigenvalue weighted by Crippen LogP contribution is 2.25. The van der Waals surface area contributed by atoms with Gasteiger partial charge in [-0.05, 0) is 37.0 Å². The van der Waals surface area contributed by atoms with Gasteiger partial charge in [-0.25, -0.2) is 17.5 Å². The number of benzene rings is 1. The first kappa shape index (κ1) is 14.3. The minimum Gasteiger partial charge on any atom is -0.399 e. The highest BCUT2D eigenvalue weighted by atomic mass is 32.2. The lowest BCUT2D eigenvalue weighted by Gasteiger charge is -2.27. The van der Waals surface area contributed by atoms with Gasteiger partial charge in [-0.1, -0.05) is 19.8 Å². The summed E-state index contributed by atoms with van der Waals surface area (Å²) in [6, 6.07) is 3.52. The van der Waals surface area contributed by atoms with Crippen LogP contribution < -0.4 is 10.5 Å². The second-order valence-electron chi connectivity index (χ2n) is 5.28. The van der Waals surface area contributed by atoms with Crippen LogP contribution in [0.15, 0.2) is 23.1 Å². The molecule has 0 amide bonds. The van der Waals surface area contributed by atoms with Gasteiger partial charge >= 0.3 is 0 Å². The summed E-state index contributed by atoms with van der Waals surface area (Å²) >= 11 is 0. The van der Waals surface area contributed by atoms with Crippen LogP contribution in [-0.2, 0) is 10.0 Å². The Kier molecular flexibility index (Phi) is 4.10. The van der Waals surface area contributed by atoms with E-state index in [1.807, 2.05) is 0 Å². The standard InChI is InChI=1S/C13H19FN2O2S/c1-9-3-2-4-11(7-9)16-19(17,18)13-6-5-10(15)8-12(13)14/h5-6,8-9,11,16H,2-4,7,15H2,1H3. The smallest absolute Gasteiger partial charge is 0.243 e. The maximum atomic E-state index is 13.7. The Labute approximate surface area is 113 Å². The zero-order valence-electron chi connectivity index (χ0n) is 10.9. The summed E-state index contributed by atoms with van der Waals surface area (Å²) in [4.78, 5) is -0.333. The fourth-order valence-electron chi connectivity index (χ4n) is 2.56. The molecule has 2 rings (SSSR count). The molecule has 0 aromatic heterocycles. The van der Waals surface area contributed by atoms with Gasteiger partial charge in [-0.15, -0.1) is 0 Å². The molecule has 2 atom stereocenters. The molecule has 1 aromatic rings. The fraction of sp³-hybridized carbons (Fsp3) is 0.538. The van der Waals surface area contributed by atoms with Crippen molar-refractivity contribution in [1.82, 2.24) is 4.72 Å². The maximum Gasteiger partial charge on any atom is 0.243 e. The number of nitrogens with two attached hydrogens (primary N) is 1. The van der Waals surface area contributed by atoms with Crippen LogP contribution >= 0.6 is 0 Å². The molecule has 19 heavy (non-hydrogen) atoms. The van der Waals surface area contributed by atoms with Gasteiger partial charge in [-0.3, -0.25) is 0 Å². The van der Waals surface area contributed by atoms with E-state index in [-0.39, 0.29) is 16.6 Å². The van der Waals surface area contributed by atoms with Crippen molar-refractivity contribution in [2.75, 3.05) is 5.73 Å². The number of halogens is 1. The van der Waals surface area contributed by atoms with Gasteiger partial charge in [0.2, 0.25) is 10.0 Å². The van der Waals surface area contributed by atoms with E-state index in [0.29, 0.717) is 5.92 Å². The van der Waals surface area contributed by atoms with E-state index < -0.39 is 15.8 Å². The van der Waals surface area contributed by atoms with Crippen LogP contribution in [0, 0.1) is 11.7 Å². The lowest BCUT2D eigenvalue weighted by Crippen LogP contribution is -2.38. The molecule has 3 N–H and O–H groups in total. The second-order valence-corrected chi connectivity index (χ2v) is 6.96. The molecule has 0 saturated heterocycles. The summed E-state index contributed by atoms with van der Waals surface area (Å²) in [7, 11) is -3.81. The van der Waals surface area contributed by atoms with Gasteiger partial charge in [0.15, 0.2) is 0 Å². The van der Waals surface area contributed by atoms with Crippen LogP contribution in [0.25, 0.3) is 0 Å². The first-order chi connectivity index (χ1) is 8.88. The SMILES string of the molecule is CC1CCCC(NS(=O)(=O)c2ccc(N)cc2F)C1. The van der Waals surface area contributed by atoms with Gasteiger partial charge in [0.1, 0.15) is 10.7 Å². The fourth-order valence-corrected chi connectivity index (χ4v) is 3.90. The van der Waals surface area contributed by atoms with E-state index in [1.165, 1.54) is 12.1 Å². The minimum atomic E-state index is -3.81. The van der Waals surface area contributed by atoms with Crippen molar-refractivity contribution in [1.29, 1.82) is 0 Å². The van der Waals surface area contributed by atoms with E-state index in [0.717, 1.165) is 31.7 Å². The molecule has 1 fully saturated rings. The highest BCUT2D eigenvalue weighted by molar-refractivity contribution is 7.89. The van der Waals surface area contributed by atoms with Gasteiger partial charge < -0.3 is 5.73 Å². The Morgan fingerprint density at radius 1 is 1.37 bits per heavy atom. The third kappa shape index (κ3) is 3.45. The number of anilines is 1. The number of nitrogen functional groups attached to an aromatic ring is 1. The molecule has 1 aromatic carbocycles. The van der Waals surface area contributed by atoms with Crippen molar-refractivity contribution in [2.45, 2.75) is 43.5 Å². The first-order valence-corrected chi connectivity index (χ1v) is 7.94. The van der Waals surface area contributed by atoms with E-state index in [2.05, 4.69) is 11.6 Å². The normalized spacial score (nSPS) is 24.3. The van der Waals surface area contributed by atoms with Gasteiger partial charge in [0, 0.05) is 11.7 Å². The van der Waals surface area contributed by atoms with E-state index in [4.69, 9.17) is 5.73 Å². The molecule has 0 bridgehead atoms. The molecule has 2 unspecified atom stereocenters. The minimum absolute atomic E-state index is 0.106. The summed E-state index contributed by atoms with van der Waals surface area (Å²) in [5.41, 5.74) is 5.63. The predicted molar refractivity (Wildman–Crippen MR) is 72.6 cm³/mol. The Bertz CT molecular complexity index is 560. The molecule has 1 saturated carbocycles. The van der Waals surface area contributed by atoms with Gasteiger partial charge in [-0.2, -0.15) is 0 Å². The quantitative estimate of drug-likeness (QED) is 0.837. The predicted octanol–water partition coefficient (Wildman–Crippen LogP) is 2.26. The lowest BCUT2D eigenvalue weighted by atomic mass is 9.88. The number of rotatable bonds is 3. The second kappa shape index (κ2) is 5.46. The number of sulfonamides is 1. The molecule has 0 aliphatic heterocycles. The molecule has 1 aliphatic rings. The molecule has 6 heteroatoms. The van der Waals surface area contributed by atoms with Crippen molar-refractivity contribution in [3.8, 4) is 0 Å². The van der Waals surface area contributed by atoms with E-state index in [1.54, 1.807) is 0 Å². The number of hydrogen-bond donors (Lipinski definition) is 2.